The number of hydrogen-bond acceptors (Lipinski definition) is 5. The molecule has 0 aromatic carbocycles. The quantitative estimate of drug-likeness (QED) is 0.783. The predicted molar refractivity (Wildman–Crippen MR) is 78.8 cm³/mol. The molecule has 2 aliphatic rings. The van der Waals surface area contributed by atoms with E-state index >= 15 is 0 Å². The lowest BCUT2D eigenvalue weighted by Crippen LogP contribution is -2.48. The minimum absolute atomic E-state index is 0.0623. The molecule has 2 atom stereocenters. The van der Waals surface area contributed by atoms with E-state index in [0.29, 0.717) is 5.92 Å². The average Bonchev–Trinajstić information content (AvgIpc) is 2.92. The van der Waals surface area contributed by atoms with E-state index in [4.69, 9.17) is 9.47 Å². The van der Waals surface area contributed by atoms with E-state index in [-0.39, 0.29) is 22.2 Å². The van der Waals surface area contributed by atoms with Gasteiger partial charge in [0, 0.05) is 0 Å². The number of fused-ring (bicyclic) bond motifs is 4. The van der Waals surface area contributed by atoms with Gasteiger partial charge in [-0.15, -0.1) is 0 Å². The Morgan fingerprint density at radius 3 is 2.41 bits per heavy atom. The molecule has 1 saturated carbocycles. The molecule has 0 saturated heterocycles. The lowest BCUT2D eigenvalue weighted by atomic mass is 9.67. The molecule has 120 valence electrons. The van der Waals surface area contributed by atoms with Gasteiger partial charge in [0.1, 0.15) is 5.56 Å². The second-order valence-electron chi connectivity index (χ2n) is 7.00. The van der Waals surface area contributed by atoms with Crippen LogP contribution in [0.5, 0.6) is 0 Å². The van der Waals surface area contributed by atoms with Crippen molar-refractivity contribution in [2.24, 2.45) is 11.3 Å². The Morgan fingerprint density at radius 2 is 1.82 bits per heavy atom. The number of methoxy groups -OCH3 is 2. The molecule has 1 fully saturated rings. The molecule has 1 aromatic rings. The van der Waals surface area contributed by atoms with E-state index in [2.05, 4.69) is 25.9 Å². The third kappa shape index (κ3) is 1.63. The summed E-state index contributed by atoms with van der Waals surface area (Å²) in [6, 6.07) is 0. The third-order valence-electron chi connectivity index (χ3n) is 6.04. The molecule has 1 aliphatic carbocycles. The number of esters is 2. The number of ether oxygens (including phenoxy) is 2. The van der Waals surface area contributed by atoms with Crippen LogP contribution in [0.25, 0.3) is 0 Å². The Bertz CT molecular complexity index is 661. The summed E-state index contributed by atoms with van der Waals surface area (Å²) in [4.78, 5) is 24.2. The van der Waals surface area contributed by atoms with E-state index in [0.717, 1.165) is 25.0 Å². The van der Waals surface area contributed by atoms with Crippen LogP contribution in [-0.4, -0.2) is 35.9 Å². The van der Waals surface area contributed by atoms with Crippen molar-refractivity contribution >= 4 is 11.9 Å². The predicted octanol–water partition coefficient (Wildman–Crippen LogP) is 2.16. The minimum atomic E-state index is -0.598. The number of rotatable bonds is 2. The van der Waals surface area contributed by atoms with Gasteiger partial charge < -0.3 is 9.47 Å². The zero-order chi connectivity index (χ0) is 16.3. The van der Waals surface area contributed by atoms with Crippen LogP contribution in [0.2, 0.25) is 0 Å². The first-order valence-electron chi connectivity index (χ1n) is 7.57. The summed E-state index contributed by atoms with van der Waals surface area (Å²) in [6.45, 7) is 6.64. The van der Waals surface area contributed by atoms with Gasteiger partial charge in [-0.05, 0) is 37.5 Å². The zero-order valence-electron chi connectivity index (χ0n) is 13.7. The Hall–Kier alpha value is -1.85. The molecule has 0 amide bonds. The van der Waals surface area contributed by atoms with Crippen molar-refractivity contribution in [2.75, 3.05) is 14.2 Å². The molecule has 0 N–H and O–H groups in total. The molecule has 2 heterocycles. The van der Waals surface area contributed by atoms with Crippen LogP contribution in [0.3, 0.4) is 0 Å². The minimum Gasteiger partial charge on any atom is -0.465 e. The topological polar surface area (TPSA) is 70.4 Å². The molecule has 0 unspecified atom stereocenters. The van der Waals surface area contributed by atoms with Crippen molar-refractivity contribution in [1.29, 1.82) is 0 Å². The molecule has 1 aliphatic heterocycles. The lowest BCUT2D eigenvalue weighted by Gasteiger charge is -2.46. The van der Waals surface area contributed by atoms with Crippen molar-refractivity contribution in [2.45, 2.75) is 45.6 Å². The molecule has 2 bridgehead atoms. The Morgan fingerprint density at radius 1 is 1.18 bits per heavy atom. The molecular formula is C16H22N2O4. The standard InChI is InChI=1S/C16H22N2O4/c1-15(2)9-6-7-16(15,3)18-10(8-9)11(13(19)21-4)12(17-18)14(20)22-5/h9H,6-8H2,1-5H3/t9-,16-/m1/s1. The van der Waals surface area contributed by atoms with Gasteiger partial charge in [-0.3, -0.25) is 4.68 Å². The van der Waals surface area contributed by atoms with Crippen LogP contribution in [-0.2, 0) is 21.4 Å². The smallest absolute Gasteiger partial charge is 0.359 e. The Kier molecular flexibility index (Phi) is 3.13. The fraction of sp³-hybridized carbons (Fsp3) is 0.688. The monoisotopic (exact) mass is 306 g/mol. The number of carbonyl (C=O) groups is 2. The third-order valence-corrected chi connectivity index (χ3v) is 6.04. The van der Waals surface area contributed by atoms with Gasteiger partial charge in [-0.2, -0.15) is 5.10 Å². The molecule has 0 spiro atoms. The maximum Gasteiger partial charge on any atom is 0.359 e. The van der Waals surface area contributed by atoms with E-state index in [1.54, 1.807) is 0 Å². The van der Waals surface area contributed by atoms with Gasteiger partial charge in [0.2, 0.25) is 0 Å². The number of aromatic nitrogens is 2. The maximum absolute atomic E-state index is 12.2. The first kappa shape index (κ1) is 15.1. The van der Waals surface area contributed by atoms with Gasteiger partial charge in [0.15, 0.2) is 5.69 Å². The highest BCUT2D eigenvalue weighted by Crippen LogP contribution is 2.58. The fourth-order valence-electron chi connectivity index (χ4n) is 4.15. The van der Waals surface area contributed by atoms with Gasteiger partial charge in [0.25, 0.3) is 0 Å². The largest absolute Gasteiger partial charge is 0.465 e. The van der Waals surface area contributed by atoms with Crippen LogP contribution in [0.1, 0.15) is 60.2 Å². The molecular weight excluding hydrogens is 284 g/mol. The highest BCUT2D eigenvalue weighted by atomic mass is 16.5. The SMILES string of the molecule is COC(=O)c1nn2c(c1C(=O)OC)C[C@H]1CC[C@]2(C)C1(C)C. The van der Waals surface area contributed by atoms with Crippen LogP contribution in [0.4, 0.5) is 0 Å². The van der Waals surface area contributed by atoms with Gasteiger partial charge in [0.05, 0.1) is 25.5 Å². The van der Waals surface area contributed by atoms with Crippen LogP contribution < -0.4 is 0 Å². The second kappa shape index (κ2) is 4.57. The summed E-state index contributed by atoms with van der Waals surface area (Å²) in [5.74, 6) is -0.653. The van der Waals surface area contributed by atoms with Crippen molar-refractivity contribution in [1.82, 2.24) is 9.78 Å². The number of hydrogen-bond donors (Lipinski definition) is 0. The van der Waals surface area contributed by atoms with Gasteiger partial charge in [-0.1, -0.05) is 13.8 Å². The normalized spacial score (nSPS) is 28.1. The summed E-state index contributed by atoms with van der Waals surface area (Å²) >= 11 is 0. The van der Waals surface area contributed by atoms with Gasteiger partial charge in [-0.25, -0.2) is 9.59 Å². The maximum atomic E-state index is 12.2. The second-order valence-corrected chi connectivity index (χ2v) is 7.00. The van der Waals surface area contributed by atoms with Crippen LogP contribution >= 0.6 is 0 Å². The van der Waals surface area contributed by atoms with E-state index < -0.39 is 11.9 Å². The van der Waals surface area contributed by atoms with Crippen molar-refractivity contribution in [3.8, 4) is 0 Å². The van der Waals surface area contributed by atoms with Crippen LogP contribution in [0.15, 0.2) is 0 Å². The van der Waals surface area contributed by atoms with E-state index in [1.807, 2.05) is 4.68 Å². The number of nitrogens with zero attached hydrogens (tertiary/aromatic N) is 2. The summed E-state index contributed by atoms with van der Waals surface area (Å²) < 4.78 is 11.5. The fourth-order valence-corrected chi connectivity index (χ4v) is 4.15. The molecule has 22 heavy (non-hydrogen) atoms. The first-order valence-corrected chi connectivity index (χ1v) is 7.57. The molecule has 6 heteroatoms. The highest BCUT2D eigenvalue weighted by molar-refractivity contribution is 6.02. The summed E-state index contributed by atoms with van der Waals surface area (Å²) in [6.07, 6.45) is 2.82. The zero-order valence-corrected chi connectivity index (χ0v) is 13.7. The Balaban J connectivity index is 2.25. The summed E-state index contributed by atoms with van der Waals surface area (Å²) in [7, 11) is 2.61. The van der Waals surface area contributed by atoms with Crippen molar-refractivity contribution in [3.05, 3.63) is 17.0 Å². The number of carbonyl (C=O) groups excluding carboxylic acids is 2. The van der Waals surface area contributed by atoms with E-state index in [1.165, 1.54) is 14.2 Å². The molecule has 6 nitrogen and oxygen atoms in total. The first-order chi connectivity index (χ1) is 10.3. The molecule has 0 radical (unpaired) electrons. The van der Waals surface area contributed by atoms with Crippen molar-refractivity contribution in [3.63, 3.8) is 0 Å². The highest BCUT2D eigenvalue weighted by Gasteiger charge is 2.58. The lowest BCUT2D eigenvalue weighted by molar-refractivity contribution is 0.0525. The Labute approximate surface area is 129 Å². The van der Waals surface area contributed by atoms with Crippen molar-refractivity contribution < 1.29 is 19.1 Å². The molecule has 3 rings (SSSR count). The average molecular weight is 306 g/mol. The summed E-state index contributed by atoms with van der Waals surface area (Å²) in [5.41, 5.74) is 0.987. The van der Waals surface area contributed by atoms with Gasteiger partial charge >= 0.3 is 11.9 Å². The molecule has 1 aromatic heterocycles. The summed E-state index contributed by atoms with van der Waals surface area (Å²) in [5, 5.41) is 4.48. The van der Waals surface area contributed by atoms with E-state index in [9.17, 15) is 9.59 Å². The van der Waals surface area contributed by atoms with Crippen LogP contribution in [0, 0.1) is 11.3 Å².